The van der Waals surface area contributed by atoms with E-state index in [1.54, 1.807) is 0 Å². The van der Waals surface area contributed by atoms with Crippen molar-refractivity contribution >= 4 is 5.97 Å². The van der Waals surface area contributed by atoms with Gasteiger partial charge in [0, 0.05) is 13.1 Å². The molecule has 0 aromatic carbocycles. The van der Waals surface area contributed by atoms with E-state index in [2.05, 4.69) is 11.8 Å². The smallest absolute Gasteiger partial charge is 0.306 e. The molecule has 1 unspecified atom stereocenters. The second-order valence-electron chi connectivity index (χ2n) is 2.98. The van der Waals surface area contributed by atoms with Crippen LogP contribution in [0.25, 0.3) is 0 Å². The zero-order chi connectivity index (χ0) is 8.97. The standard InChI is InChI=1S/C8H15NO3/c1-2-9-3-4-12-7(6-9)5-8(10)11/h7H,2-6H2,1H3,(H,10,11). The fourth-order valence-electron chi connectivity index (χ4n) is 1.39. The Morgan fingerprint density at radius 1 is 1.75 bits per heavy atom. The van der Waals surface area contributed by atoms with Crippen molar-refractivity contribution in [1.82, 2.24) is 4.90 Å². The monoisotopic (exact) mass is 173 g/mol. The molecule has 1 rings (SSSR count). The van der Waals surface area contributed by atoms with Crippen molar-refractivity contribution in [3.63, 3.8) is 0 Å². The number of likely N-dealkylation sites (N-methyl/N-ethyl adjacent to an activating group) is 1. The summed E-state index contributed by atoms with van der Waals surface area (Å²) < 4.78 is 5.30. The molecule has 1 aliphatic rings. The molecule has 0 bridgehead atoms. The fraction of sp³-hybridized carbons (Fsp3) is 0.875. The van der Waals surface area contributed by atoms with Crippen LogP contribution in [-0.4, -0.2) is 48.3 Å². The molecule has 4 nitrogen and oxygen atoms in total. The van der Waals surface area contributed by atoms with Crippen molar-refractivity contribution in [1.29, 1.82) is 0 Å². The van der Waals surface area contributed by atoms with Crippen molar-refractivity contribution in [2.75, 3.05) is 26.2 Å². The van der Waals surface area contributed by atoms with E-state index in [1.807, 2.05) is 0 Å². The molecule has 4 heteroatoms. The van der Waals surface area contributed by atoms with Crippen molar-refractivity contribution < 1.29 is 14.6 Å². The summed E-state index contributed by atoms with van der Waals surface area (Å²) >= 11 is 0. The van der Waals surface area contributed by atoms with Gasteiger partial charge in [-0.1, -0.05) is 6.92 Å². The summed E-state index contributed by atoms with van der Waals surface area (Å²) in [6.45, 7) is 5.38. The first-order valence-electron chi connectivity index (χ1n) is 4.28. The number of carbonyl (C=O) groups is 1. The van der Waals surface area contributed by atoms with Crippen molar-refractivity contribution in [2.24, 2.45) is 0 Å². The predicted octanol–water partition coefficient (Wildman–Crippen LogP) is 0.182. The molecular weight excluding hydrogens is 158 g/mol. The summed E-state index contributed by atoms with van der Waals surface area (Å²) in [7, 11) is 0. The van der Waals surface area contributed by atoms with E-state index in [0.717, 1.165) is 19.6 Å². The maximum absolute atomic E-state index is 10.4. The van der Waals surface area contributed by atoms with Crippen LogP contribution in [0.4, 0.5) is 0 Å². The fourth-order valence-corrected chi connectivity index (χ4v) is 1.39. The third kappa shape index (κ3) is 2.79. The van der Waals surface area contributed by atoms with E-state index >= 15 is 0 Å². The van der Waals surface area contributed by atoms with Gasteiger partial charge in [0.05, 0.1) is 19.1 Å². The molecule has 1 aliphatic heterocycles. The van der Waals surface area contributed by atoms with E-state index in [9.17, 15) is 4.79 Å². The molecule has 1 N–H and O–H groups in total. The molecule has 0 spiro atoms. The molecule has 0 aliphatic carbocycles. The lowest BCUT2D eigenvalue weighted by atomic mass is 10.2. The number of rotatable bonds is 3. The van der Waals surface area contributed by atoms with Gasteiger partial charge in [0.25, 0.3) is 0 Å². The number of nitrogens with zero attached hydrogens (tertiary/aromatic N) is 1. The highest BCUT2D eigenvalue weighted by atomic mass is 16.5. The third-order valence-corrected chi connectivity index (χ3v) is 2.07. The Bertz CT molecular complexity index is 160. The number of morpholine rings is 1. The summed E-state index contributed by atoms with van der Waals surface area (Å²) in [5, 5.41) is 8.53. The maximum Gasteiger partial charge on any atom is 0.306 e. The lowest BCUT2D eigenvalue weighted by molar-refractivity contribution is -0.142. The first-order chi connectivity index (χ1) is 5.72. The van der Waals surface area contributed by atoms with Crippen LogP contribution in [-0.2, 0) is 9.53 Å². The van der Waals surface area contributed by atoms with Gasteiger partial charge in [-0.05, 0) is 6.54 Å². The molecule has 0 radical (unpaired) electrons. The van der Waals surface area contributed by atoms with Crippen LogP contribution in [0.15, 0.2) is 0 Å². The van der Waals surface area contributed by atoms with Crippen LogP contribution in [0.3, 0.4) is 0 Å². The lowest BCUT2D eigenvalue weighted by Gasteiger charge is -2.31. The first kappa shape index (κ1) is 9.48. The second kappa shape index (κ2) is 4.42. The van der Waals surface area contributed by atoms with Gasteiger partial charge in [0.15, 0.2) is 0 Å². The highest BCUT2D eigenvalue weighted by molar-refractivity contribution is 5.67. The molecular formula is C8H15NO3. The van der Waals surface area contributed by atoms with Gasteiger partial charge in [-0.2, -0.15) is 0 Å². The highest BCUT2D eigenvalue weighted by Crippen LogP contribution is 2.07. The minimum absolute atomic E-state index is 0.115. The summed E-state index contributed by atoms with van der Waals surface area (Å²) in [5.41, 5.74) is 0. The van der Waals surface area contributed by atoms with Crippen LogP contribution in [0, 0.1) is 0 Å². The second-order valence-corrected chi connectivity index (χ2v) is 2.98. The zero-order valence-electron chi connectivity index (χ0n) is 7.32. The largest absolute Gasteiger partial charge is 0.481 e. The minimum atomic E-state index is -0.780. The van der Waals surface area contributed by atoms with Gasteiger partial charge in [-0.3, -0.25) is 9.69 Å². The lowest BCUT2D eigenvalue weighted by Crippen LogP contribution is -2.42. The Balaban J connectivity index is 2.30. The summed E-state index contributed by atoms with van der Waals surface area (Å²) in [6, 6.07) is 0. The Kier molecular flexibility index (Phi) is 3.49. The molecule has 0 amide bonds. The zero-order valence-corrected chi connectivity index (χ0v) is 7.32. The van der Waals surface area contributed by atoms with Gasteiger partial charge in [0.2, 0.25) is 0 Å². The number of hydrogen-bond donors (Lipinski definition) is 1. The third-order valence-electron chi connectivity index (χ3n) is 2.07. The Morgan fingerprint density at radius 3 is 3.08 bits per heavy atom. The van der Waals surface area contributed by atoms with Crippen molar-refractivity contribution in [2.45, 2.75) is 19.4 Å². The number of carboxylic acids is 1. The van der Waals surface area contributed by atoms with Gasteiger partial charge in [-0.25, -0.2) is 0 Å². The van der Waals surface area contributed by atoms with Crippen LogP contribution in [0.5, 0.6) is 0 Å². The van der Waals surface area contributed by atoms with Crippen LogP contribution < -0.4 is 0 Å². The van der Waals surface area contributed by atoms with Crippen LogP contribution in [0.1, 0.15) is 13.3 Å². The van der Waals surface area contributed by atoms with E-state index in [1.165, 1.54) is 0 Å². The van der Waals surface area contributed by atoms with Gasteiger partial charge in [-0.15, -0.1) is 0 Å². The minimum Gasteiger partial charge on any atom is -0.481 e. The molecule has 70 valence electrons. The topological polar surface area (TPSA) is 49.8 Å². The van der Waals surface area contributed by atoms with E-state index in [0.29, 0.717) is 6.61 Å². The van der Waals surface area contributed by atoms with Crippen LogP contribution in [0.2, 0.25) is 0 Å². The highest BCUT2D eigenvalue weighted by Gasteiger charge is 2.21. The maximum atomic E-state index is 10.4. The molecule has 1 saturated heterocycles. The van der Waals surface area contributed by atoms with Crippen molar-refractivity contribution in [3.05, 3.63) is 0 Å². The average Bonchev–Trinajstić information content (AvgIpc) is 2.03. The SMILES string of the molecule is CCN1CCOC(CC(=O)O)C1. The molecule has 1 heterocycles. The number of aliphatic carboxylic acids is 1. The molecule has 1 fully saturated rings. The Labute approximate surface area is 72.1 Å². The first-order valence-corrected chi connectivity index (χ1v) is 4.28. The summed E-state index contributed by atoms with van der Waals surface area (Å²) in [6.07, 6.45) is 0.00690. The molecule has 0 saturated carbocycles. The number of ether oxygens (including phenoxy) is 1. The molecule has 12 heavy (non-hydrogen) atoms. The quantitative estimate of drug-likeness (QED) is 0.661. The van der Waals surface area contributed by atoms with E-state index in [-0.39, 0.29) is 12.5 Å². The molecule has 1 atom stereocenters. The molecule has 0 aromatic heterocycles. The summed E-state index contributed by atoms with van der Waals surface area (Å²) in [5.74, 6) is -0.780. The Hall–Kier alpha value is -0.610. The van der Waals surface area contributed by atoms with Crippen LogP contribution >= 0.6 is 0 Å². The van der Waals surface area contributed by atoms with E-state index < -0.39 is 5.97 Å². The number of hydrogen-bond acceptors (Lipinski definition) is 3. The van der Waals surface area contributed by atoms with Gasteiger partial charge in [0.1, 0.15) is 0 Å². The van der Waals surface area contributed by atoms with Crippen molar-refractivity contribution in [3.8, 4) is 0 Å². The normalized spacial score (nSPS) is 25.6. The Morgan fingerprint density at radius 2 is 2.50 bits per heavy atom. The molecule has 0 aromatic rings. The average molecular weight is 173 g/mol. The van der Waals surface area contributed by atoms with Gasteiger partial charge < -0.3 is 9.84 Å². The summed E-state index contributed by atoms with van der Waals surface area (Å²) in [4.78, 5) is 12.6. The number of carboxylic acid groups (broad SMARTS) is 1. The predicted molar refractivity (Wildman–Crippen MR) is 44.1 cm³/mol. The van der Waals surface area contributed by atoms with E-state index in [4.69, 9.17) is 9.84 Å². The van der Waals surface area contributed by atoms with Gasteiger partial charge >= 0.3 is 5.97 Å².